The number of aliphatic hydroxyl groups is 1. The van der Waals surface area contributed by atoms with E-state index in [4.69, 9.17) is 5.11 Å². The molecule has 1 aromatic heterocycles. The van der Waals surface area contributed by atoms with E-state index in [2.05, 4.69) is 16.8 Å². The second-order valence-corrected chi connectivity index (χ2v) is 4.15. The van der Waals surface area contributed by atoms with E-state index in [1.807, 2.05) is 13.0 Å². The molecule has 14 heavy (non-hydrogen) atoms. The van der Waals surface area contributed by atoms with Gasteiger partial charge in [-0.3, -0.25) is 0 Å². The lowest BCUT2D eigenvalue weighted by Crippen LogP contribution is -2.45. The van der Waals surface area contributed by atoms with Crippen LogP contribution in [-0.4, -0.2) is 23.2 Å². The minimum absolute atomic E-state index is 0.0739. The maximum atomic E-state index is 8.95. The highest BCUT2D eigenvalue weighted by Gasteiger charge is 2.24. The molecule has 0 radical (unpaired) electrons. The van der Waals surface area contributed by atoms with Crippen molar-refractivity contribution in [2.75, 3.05) is 18.0 Å². The van der Waals surface area contributed by atoms with Crippen LogP contribution in [0.3, 0.4) is 0 Å². The highest BCUT2D eigenvalue weighted by Crippen LogP contribution is 2.25. The first-order chi connectivity index (χ1) is 6.70. The molecule has 1 aliphatic heterocycles. The fourth-order valence-corrected chi connectivity index (χ4v) is 1.92. The Bertz CT molecular complexity index is 332. The van der Waals surface area contributed by atoms with E-state index in [0.29, 0.717) is 0 Å². The van der Waals surface area contributed by atoms with Crippen molar-refractivity contribution in [2.24, 2.45) is 5.92 Å². The van der Waals surface area contributed by atoms with Gasteiger partial charge in [-0.05, 0) is 30.0 Å². The molecular weight excluding hydrogens is 176 g/mol. The van der Waals surface area contributed by atoms with Gasteiger partial charge in [0.2, 0.25) is 0 Å². The topological polar surface area (TPSA) is 36.4 Å². The highest BCUT2D eigenvalue weighted by atomic mass is 16.3. The van der Waals surface area contributed by atoms with Crippen LogP contribution in [-0.2, 0) is 6.61 Å². The first-order valence-electron chi connectivity index (χ1n) is 5.02. The SMILES string of the molecule is Cc1cc(CO)cnc1N1CC(C)C1. The van der Waals surface area contributed by atoms with Gasteiger partial charge in [-0.25, -0.2) is 4.98 Å². The van der Waals surface area contributed by atoms with Crippen molar-refractivity contribution < 1.29 is 5.11 Å². The number of hydrogen-bond acceptors (Lipinski definition) is 3. The molecular formula is C11H16N2O. The Kier molecular flexibility index (Phi) is 2.42. The molecule has 0 aliphatic carbocycles. The molecule has 3 nitrogen and oxygen atoms in total. The van der Waals surface area contributed by atoms with Gasteiger partial charge in [0.1, 0.15) is 5.82 Å². The van der Waals surface area contributed by atoms with Crippen LogP contribution < -0.4 is 4.90 Å². The molecule has 3 heteroatoms. The smallest absolute Gasteiger partial charge is 0.131 e. The van der Waals surface area contributed by atoms with Crippen LogP contribution in [0.1, 0.15) is 18.1 Å². The summed E-state index contributed by atoms with van der Waals surface area (Å²) in [5.74, 6) is 1.86. The predicted molar refractivity (Wildman–Crippen MR) is 56.3 cm³/mol. The molecule has 2 rings (SSSR count). The second kappa shape index (κ2) is 3.58. The Morgan fingerprint density at radius 2 is 2.29 bits per heavy atom. The van der Waals surface area contributed by atoms with Crippen LogP contribution in [0, 0.1) is 12.8 Å². The first-order valence-corrected chi connectivity index (χ1v) is 5.02. The maximum Gasteiger partial charge on any atom is 0.131 e. The summed E-state index contributed by atoms with van der Waals surface area (Å²) in [4.78, 5) is 6.65. The zero-order valence-corrected chi connectivity index (χ0v) is 8.70. The van der Waals surface area contributed by atoms with E-state index in [0.717, 1.165) is 36.0 Å². The molecule has 0 aromatic carbocycles. The lowest BCUT2D eigenvalue weighted by molar-refractivity contribution is 0.281. The van der Waals surface area contributed by atoms with Crippen molar-refractivity contribution in [3.63, 3.8) is 0 Å². The van der Waals surface area contributed by atoms with Gasteiger partial charge in [-0.2, -0.15) is 0 Å². The summed E-state index contributed by atoms with van der Waals surface area (Å²) in [6, 6.07) is 2.01. The predicted octanol–water partition coefficient (Wildman–Crippen LogP) is 1.34. The van der Waals surface area contributed by atoms with Crippen LogP contribution in [0.25, 0.3) is 0 Å². The zero-order valence-electron chi connectivity index (χ0n) is 8.70. The van der Waals surface area contributed by atoms with Crippen molar-refractivity contribution in [2.45, 2.75) is 20.5 Å². The fourth-order valence-electron chi connectivity index (χ4n) is 1.92. The summed E-state index contributed by atoms with van der Waals surface area (Å²) < 4.78 is 0. The minimum Gasteiger partial charge on any atom is -0.392 e. The van der Waals surface area contributed by atoms with Crippen LogP contribution in [0.15, 0.2) is 12.3 Å². The number of anilines is 1. The van der Waals surface area contributed by atoms with Gasteiger partial charge < -0.3 is 10.0 Å². The van der Waals surface area contributed by atoms with Crippen LogP contribution in [0.4, 0.5) is 5.82 Å². The second-order valence-electron chi connectivity index (χ2n) is 4.15. The van der Waals surface area contributed by atoms with E-state index in [1.54, 1.807) is 6.20 Å². The monoisotopic (exact) mass is 192 g/mol. The van der Waals surface area contributed by atoms with Crippen LogP contribution in [0.2, 0.25) is 0 Å². The summed E-state index contributed by atoms with van der Waals surface area (Å²) in [5, 5.41) is 8.95. The lowest BCUT2D eigenvalue weighted by Gasteiger charge is -2.39. The molecule has 76 valence electrons. The molecule has 2 heterocycles. The highest BCUT2D eigenvalue weighted by molar-refractivity contribution is 5.49. The van der Waals surface area contributed by atoms with Gasteiger partial charge in [-0.1, -0.05) is 6.92 Å². The summed E-state index contributed by atoms with van der Waals surface area (Å²) in [7, 11) is 0. The van der Waals surface area contributed by atoms with Gasteiger partial charge in [0.05, 0.1) is 6.61 Å². The largest absolute Gasteiger partial charge is 0.392 e. The van der Waals surface area contributed by atoms with Crippen molar-refractivity contribution >= 4 is 5.82 Å². The summed E-state index contributed by atoms with van der Waals surface area (Å²) in [5.41, 5.74) is 2.04. The van der Waals surface area contributed by atoms with Crippen molar-refractivity contribution in [1.29, 1.82) is 0 Å². The summed E-state index contributed by atoms with van der Waals surface area (Å²) in [6.45, 7) is 6.57. The number of hydrogen-bond donors (Lipinski definition) is 1. The zero-order chi connectivity index (χ0) is 10.1. The minimum atomic E-state index is 0.0739. The Morgan fingerprint density at radius 1 is 1.57 bits per heavy atom. The number of aliphatic hydroxyl groups excluding tert-OH is 1. The van der Waals surface area contributed by atoms with E-state index >= 15 is 0 Å². The van der Waals surface area contributed by atoms with E-state index < -0.39 is 0 Å². The lowest BCUT2D eigenvalue weighted by atomic mass is 10.0. The number of pyridine rings is 1. The molecule has 0 unspecified atom stereocenters. The average Bonchev–Trinajstić information content (AvgIpc) is 2.13. The molecule has 1 saturated heterocycles. The molecule has 1 fully saturated rings. The third kappa shape index (κ3) is 1.60. The Hall–Kier alpha value is -1.09. The van der Waals surface area contributed by atoms with Gasteiger partial charge in [0.25, 0.3) is 0 Å². The molecule has 0 spiro atoms. The van der Waals surface area contributed by atoms with Crippen LogP contribution in [0.5, 0.6) is 0 Å². The van der Waals surface area contributed by atoms with Gasteiger partial charge in [0, 0.05) is 19.3 Å². The molecule has 0 saturated carbocycles. The third-order valence-corrected chi connectivity index (χ3v) is 2.65. The number of aryl methyl sites for hydroxylation is 1. The summed E-state index contributed by atoms with van der Waals surface area (Å²) >= 11 is 0. The van der Waals surface area contributed by atoms with Gasteiger partial charge in [0.15, 0.2) is 0 Å². The number of nitrogens with zero attached hydrogens (tertiary/aromatic N) is 2. The maximum absolute atomic E-state index is 8.95. The summed E-state index contributed by atoms with van der Waals surface area (Å²) in [6.07, 6.45) is 1.76. The quantitative estimate of drug-likeness (QED) is 0.768. The Labute approximate surface area is 84.4 Å². The van der Waals surface area contributed by atoms with Crippen molar-refractivity contribution in [3.05, 3.63) is 23.4 Å². The molecule has 1 aromatic rings. The average molecular weight is 192 g/mol. The van der Waals surface area contributed by atoms with Gasteiger partial charge in [-0.15, -0.1) is 0 Å². The molecule has 0 atom stereocenters. The Balaban J connectivity index is 2.18. The Morgan fingerprint density at radius 3 is 2.79 bits per heavy atom. The van der Waals surface area contributed by atoms with Crippen molar-refractivity contribution in [3.8, 4) is 0 Å². The fraction of sp³-hybridized carbons (Fsp3) is 0.545. The molecule has 0 bridgehead atoms. The normalized spacial score (nSPS) is 16.9. The number of rotatable bonds is 2. The van der Waals surface area contributed by atoms with E-state index in [-0.39, 0.29) is 6.61 Å². The molecule has 0 amide bonds. The van der Waals surface area contributed by atoms with Crippen LogP contribution >= 0.6 is 0 Å². The van der Waals surface area contributed by atoms with Gasteiger partial charge >= 0.3 is 0 Å². The van der Waals surface area contributed by atoms with E-state index in [1.165, 1.54) is 0 Å². The van der Waals surface area contributed by atoms with E-state index in [9.17, 15) is 0 Å². The number of aromatic nitrogens is 1. The van der Waals surface area contributed by atoms with Crippen molar-refractivity contribution in [1.82, 2.24) is 4.98 Å². The third-order valence-electron chi connectivity index (χ3n) is 2.65. The standard InChI is InChI=1S/C11H16N2O/c1-8-5-13(6-8)11-9(2)3-10(7-14)4-12-11/h3-4,8,14H,5-7H2,1-2H3. The molecule has 1 N–H and O–H groups in total. The molecule has 1 aliphatic rings. The first kappa shape index (κ1) is 9.46.